The first-order valence-electron chi connectivity index (χ1n) is 7.98. The van der Waals surface area contributed by atoms with Crippen LogP contribution in [0.2, 0.25) is 5.02 Å². The Morgan fingerprint density at radius 2 is 1.96 bits per heavy atom. The van der Waals surface area contributed by atoms with Crippen LogP contribution in [-0.2, 0) is 5.75 Å². The summed E-state index contributed by atoms with van der Waals surface area (Å²) in [5.74, 6) is 0.865. The van der Waals surface area contributed by atoms with Gasteiger partial charge in [-0.1, -0.05) is 23.4 Å². The highest BCUT2D eigenvalue weighted by molar-refractivity contribution is 7.98. The van der Waals surface area contributed by atoms with Gasteiger partial charge in [0.1, 0.15) is 0 Å². The van der Waals surface area contributed by atoms with Gasteiger partial charge in [-0.05, 0) is 38.8 Å². The third kappa shape index (κ3) is 5.31. The fraction of sp³-hybridized carbons (Fsp3) is 0.412. The second-order valence-electron chi connectivity index (χ2n) is 5.38. The summed E-state index contributed by atoms with van der Waals surface area (Å²) >= 11 is 7.64. The molecule has 0 saturated carbocycles. The predicted octanol–water partition coefficient (Wildman–Crippen LogP) is 4.27. The SMILES string of the molecule is CCN(CC)C(=O)Oc1cc(C)nc(SCc2c(C)cncc2Cl)n1. The van der Waals surface area contributed by atoms with E-state index in [4.69, 9.17) is 16.3 Å². The minimum Gasteiger partial charge on any atom is -0.391 e. The molecule has 0 N–H and O–H groups in total. The van der Waals surface area contributed by atoms with Crippen molar-refractivity contribution in [3.8, 4) is 5.88 Å². The second kappa shape index (κ2) is 9.01. The van der Waals surface area contributed by atoms with Crippen molar-refractivity contribution in [2.75, 3.05) is 13.1 Å². The van der Waals surface area contributed by atoms with Gasteiger partial charge in [-0.2, -0.15) is 4.98 Å². The summed E-state index contributed by atoms with van der Waals surface area (Å²) in [5, 5.41) is 1.16. The van der Waals surface area contributed by atoms with Gasteiger partial charge in [0.25, 0.3) is 0 Å². The van der Waals surface area contributed by atoms with Crippen molar-refractivity contribution in [1.82, 2.24) is 19.9 Å². The first kappa shape index (κ1) is 19.5. The molecule has 25 heavy (non-hydrogen) atoms. The summed E-state index contributed by atoms with van der Waals surface area (Å²) in [5.41, 5.74) is 2.74. The molecule has 2 aromatic heterocycles. The molecule has 1 amide bonds. The molecule has 0 aliphatic carbocycles. The largest absolute Gasteiger partial charge is 0.416 e. The molecular formula is C17H21ClN4O2S. The molecule has 0 atom stereocenters. The van der Waals surface area contributed by atoms with Crippen molar-refractivity contribution in [1.29, 1.82) is 0 Å². The number of aryl methyl sites for hydroxylation is 2. The van der Waals surface area contributed by atoms with E-state index < -0.39 is 6.09 Å². The molecule has 2 rings (SSSR count). The lowest BCUT2D eigenvalue weighted by Gasteiger charge is -2.17. The van der Waals surface area contributed by atoms with E-state index in [0.717, 1.165) is 16.8 Å². The number of nitrogens with zero attached hydrogens (tertiary/aromatic N) is 4. The van der Waals surface area contributed by atoms with E-state index >= 15 is 0 Å². The number of carbonyl (C=O) groups is 1. The average molecular weight is 381 g/mol. The molecule has 0 fully saturated rings. The molecule has 0 aliphatic heterocycles. The molecule has 0 spiro atoms. The number of carbonyl (C=O) groups excluding carboxylic acids is 1. The van der Waals surface area contributed by atoms with E-state index in [1.807, 2.05) is 27.7 Å². The van der Waals surface area contributed by atoms with Gasteiger partial charge in [0.15, 0.2) is 5.16 Å². The van der Waals surface area contributed by atoms with Crippen LogP contribution in [-0.4, -0.2) is 39.0 Å². The monoisotopic (exact) mass is 380 g/mol. The van der Waals surface area contributed by atoms with Crippen molar-refractivity contribution in [3.05, 3.63) is 40.3 Å². The smallest absolute Gasteiger partial charge is 0.391 e. The van der Waals surface area contributed by atoms with Crippen LogP contribution in [0.1, 0.15) is 30.7 Å². The van der Waals surface area contributed by atoms with Gasteiger partial charge in [-0.15, -0.1) is 0 Å². The minimum atomic E-state index is -0.410. The van der Waals surface area contributed by atoms with Crippen molar-refractivity contribution >= 4 is 29.5 Å². The van der Waals surface area contributed by atoms with E-state index in [9.17, 15) is 4.79 Å². The van der Waals surface area contributed by atoms with Gasteiger partial charge in [0, 0.05) is 43.0 Å². The maximum absolute atomic E-state index is 12.1. The molecule has 2 heterocycles. The summed E-state index contributed by atoms with van der Waals surface area (Å²) in [6.45, 7) is 8.77. The van der Waals surface area contributed by atoms with E-state index in [1.54, 1.807) is 23.4 Å². The highest BCUT2D eigenvalue weighted by Gasteiger charge is 2.14. The number of halogens is 1. The molecule has 2 aromatic rings. The zero-order valence-electron chi connectivity index (χ0n) is 14.7. The summed E-state index contributed by atoms with van der Waals surface area (Å²) in [6.07, 6.45) is 2.99. The number of aromatic nitrogens is 3. The number of thioether (sulfide) groups is 1. The molecule has 0 radical (unpaired) electrons. The van der Waals surface area contributed by atoms with Gasteiger partial charge in [0.2, 0.25) is 5.88 Å². The number of hydrogen-bond donors (Lipinski definition) is 0. The van der Waals surface area contributed by atoms with Crippen molar-refractivity contribution < 1.29 is 9.53 Å². The summed E-state index contributed by atoms with van der Waals surface area (Å²) in [6, 6.07) is 1.65. The van der Waals surface area contributed by atoms with Gasteiger partial charge < -0.3 is 9.64 Å². The van der Waals surface area contributed by atoms with Crippen LogP contribution < -0.4 is 4.74 Å². The standard InChI is InChI=1S/C17H21ClN4O2S/c1-5-22(6-2)17(23)24-15-7-12(4)20-16(21-15)25-10-13-11(3)8-19-9-14(13)18/h7-9H,5-6,10H2,1-4H3. The summed E-state index contributed by atoms with van der Waals surface area (Å²) in [4.78, 5) is 26.4. The summed E-state index contributed by atoms with van der Waals surface area (Å²) < 4.78 is 5.37. The molecule has 6 nitrogen and oxygen atoms in total. The van der Waals surface area contributed by atoms with Gasteiger partial charge in [-0.3, -0.25) is 4.98 Å². The lowest BCUT2D eigenvalue weighted by atomic mass is 10.2. The second-order valence-corrected chi connectivity index (χ2v) is 6.73. The number of ether oxygens (including phenoxy) is 1. The Morgan fingerprint density at radius 3 is 2.60 bits per heavy atom. The van der Waals surface area contributed by atoms with Crippen molar-refractivity contribution in [2.24, 2.45) is 0 Å². The Bertz CT molecular complexity index is 733. The number of hydrogen-bond acceptors (Lipinski definition) is 6. The molecule has 0 aliphatic rings. The number of amides is 1. The zero-order chi connectivity index (χ0) is 18.4. The maximum Gasteiger partial charge on any atom is 0.416 e. The molecule has 134 valence electrons. The Morgan fingerprint density at radius 1 is 1.24 bits per heavy atom. The highest BCUT2D eigenvalue weighted by atomic mass is 35.5. The summed E-state index contributed by atoms with van der Waals surface area (Å²) in [7, 11) is 0. The van der Waals surface area contributed by atoms with Crippen LogP contribution in [0.15, 0.2) is 23.6 Å². The third-order valence-electron chi connectivity index (χ3n) is 3.59. The predicted molar refractivity (Wildman–Crippen MR) is 99.3 cm³/mol. The number of rotatable bonds is 6. The van der Waals surface area contributed by atoms with Crippen LogP contribution in [0.4, 0.5) is 4.79 Å². The van der Waals surface area contributed by atoms with Crippen molar-refractivity contribution in [3.63, 3.8) is 0 Å². The lowest BCUT2D eigenvalue weighted by molar-refractivity contribution is 0.155. The molecule has 0 saturated heterocycles. The fourth-order valence-corrected chi connectivity index (χ4v) is 3.52. The topological polar surface area (TPSA) is 68.2 Å². The van der Waals surface area contributed by atoms with Crippen LogP contribution >= 0.6 is 23.4 Å². The average Bonchev–Trinajstić information content (AvgIpc) is 2.55. The quantitative estimate of drug-likeness (QED) is 0.550. The molecular weight excluding hydrogens is 360 g/mol. The van der Waals surface area contributed by atoms with E-state index in [2.05, 4.69) is 15.0 Å². The number of pyridine rings is 1. The molecule has 0 aromatic carbocycles. The minimum absolute atomic E-state index is 0.254. The van der Waals surface area contributed by atoms with Crippen LogP contribution in [0.5, 0.6) is 5.88 Å². The zero-order valence-corrected chi connectivity index (χ0v) is 16.3. The normalized spacial score (nSPS) is 10.6. The van der Waals surface area contributed by atoms with E-state index in [-0.39, 0.29) is 5.88 Å². The Hall–Kier alpha value is -1.86. The van der Waals surface area contributed by atoms with Crippen LogP contribution in [0, 0.1) is 13.8 Å². The highest BCUT2D eigenvalue weighted by Crippen LogP contribution is 2.27. The maximum atomic E-state index is 12.1. The molecule has 0 bridgehead atoms. The molecule has 0 unspecified atom stereocenters. The first-order valence-corrected chi connectivity index (χ1v) is 9.35. The molecule has 8 heteroatoms. The Labute approximate surface area is 157 Å². The van der Waals surface area contributed by atoms with E-state index in [1.165, 1.54) is 11.8 Å². The first-order chi connectivity index (χ1) is 11.9. The van der Waals surface area contributed by atoms with Crippen LogP contribution in [0.3, 0.4) is 0 Å². The van der Waals surface area contributed by atoms with Gasteiger partial charge in [-0.25, -0.2) is 9.78 Å². The van der Waals surface area contributed by atoms with Crippen molar-refractivity contribution in [2.45, 2.75) is 38.6 Å². The van der Waals surface area contributed by atoms with E-state index in [0.29, 0.717) is 29.0 Å². The third-order valence-corrected chi connectivity index (χ3v) is 4.79. The van der Waals surface area contributed by atoms with Crippen LogP contribution in [0.25, 0.3) is 0 Å². The fourth-order valence-electron chi connectivity index (χ4n) is 2.14. The van der Waals surface area contributed by atoms with Gasteiger partial charge in [0.05, 0.1) is 5.02 Å². The van der Waals surface area contributed by atoms with Gasteiger partial charge >= 0.3 is 6.09 Å². The Kier molecular flexibility index (Phi) is 7.01. The lowest BCUT2D eigenvalue weighted by Crippen LogP contribution is -2.33. The Balaban J connectivity index is 2.12.